The lowest BCUT2D eigenvalue weighted by molar-refractivity contribution is -0.145. The molecule has 5 heteroatoms. The average molecular weight is 258 g/mol. The zero-order valence-electron chi connectivity index (χ0n) is 10.5. The number of rotatable bonds is 2. The summed E-state index contributed by atoms with van der Waals surface area (Å²) in [6.07, 6.45) is 2.29. The molecule has 1 aliphatic heterocycles. The lowest BCUT2D eigenvalue weighted by atomic mass is 10.0. The molecule has 0 spiro atoms. The van der Waals surface area contributed by atoms with Crippen molar-refractivity contribution in [1.82, 2.24) is 10.3 Å². The van der Waals surface area contributed by atoms with Gasteiger partial charge in [0, 0.05) is 29.1 Å². The first-order valence-corrected chi connectivity index (χ1v) is 6.27. The van der Waals surface area contributed by atoms with Crippen LogP contribution in [0.15, 0.2) is 24.4 Å². The highest BCUT2D eigenvalue weighted by Gasteiger charge is 2.29. The molecule has 2 N–H and O–H groups in total. The van der Waals surface area contributed by atoms with E-state index >= 15 is 0 Å². The van der Waals surface area contributed by atoms with Gasteiger partial charge in [0.25, 0.3) is 5.91 Å². The Morgan fingerprint density at radius 3 is 3.11 bits per heavy atom. The number of aromatic amines is 1. The number of carbonyl (C=O) groups excluding carboxylic acids is 2. The third-order valence-corrected chi connectivity index (χ3v) is 3.33. The Kier molecular flexibility index (Phi) is 2.74. The standard InChI is InChI=1S/C14H14N2O3/c1-2-19-14(18)11-6-8-7-15-10-5-3-4-9(12(8)10)13(17)16-11/h3-5,7,11,15H,2,6H2,1H3,(H,16,17). The molecule has 0 fully saturated rings. The largest absolute Gasteiger partial charge is 0.464 e. The van der Waals surface area contributed by atoms with Crippen LogP contribution in [0.2, 0.25) is 0 Å². The summed E-state index contributed by atoms with van der Waals surface area (Å²) in [5, 5.41) is 3.62. The molecular weight excluding hydrogens is 244 g/mol. The lowest BCUT2D eigenvalue weighted by Crippen LogP contribution is -2.42. The summed E-state index contributed by atoms with van der Waals surface area (Å²) >= 11 is 0. The number of aromatic nitrogens is 1. The second-order valence-electron chi connectivity index (χ2n) is 4.52. The molecule has 1 unspecified atom stereocenters. The second-order valence-corrected chi connectivity index (χ2v) is 4.52. The van der Waals surface area contributed by atoms with E-state index in [0.29, 0.717) is 18.6 Å². The number of benzene rings is 1. The zero-order chi connectivity index (χ0) is 13.4. The van der Waals surface area contributed by atoms with Gasteiger partial charge in [-0.2, -0.15) is 0 Å². The summed E-state index contributed by atoms with van der Waals surface area (Å²) in [7, 11) is 0. The number of hydrogen-bond donors (Lipinski definition) is 2. The van der Waals surface area contributed by atoms with Crippen molar-refractivity contribution in [2.45, 2.75) is 19.4 Å². The molecule has 5 nitrogen and oxygen atoms in total. The van der Waals surface area contributed by atoms with Gasteiger partial charge in [-0.15, -0.1) is 0 Å². The minimum absolute atomic E-state index is 0.234. The van der Waals surface area contributed by atoms with Crippen LogP contribution in [0.4, 0.5) is 0 Å². The number of carbonyl (C=O) groups is 2. The molecule has 0 saturated carbocycles. The Balaban J connectivity index is 2.06. The van der Waals surface area contributed by atoms with E-state index in [9.17, 15) is 9.59 Å². The zero-order valence-corrected chi connectivity index (χ0v) is 10.5. The van der Waals surface area contributed by atoms with Crippen molar-refractivity contribution in [2.75, 3.05) is 6.61 Å². The van der Waals surface area contributed by atoms with Crippen LogP contribution in [0.5, 0.6) is 0 Å². The van der Waals surface area contributed by atoms with E-state index in [1.165, 1.54) is 0 Å². The highest BCUT2D eigenvalue weighted by Crippen LogP contribution is 2.26. The van der Waals surface area contributed by atoms with Crippen molar-refractivity contribution in [3.63, 3.8) is 0 Å². The Labute approximate surface area is 109 Å². The summed E-state index contributed by atoms with van der Waals surface area (Å²) in [6, 6.07) is 4.88. The molecule has 1 aromatic heterocycles. The quantitative estimate of drug-likeness (QED) is 0.799. The number of amides is 1. The van der Waals surface area contributed by atoms with Crippen LogP contribution in [0, 0.1) is 0 Å². The van der Waals surface area contributed by atoms with Gasteiger partial charge in [0.05, 0.1) is 6.61 Å². The molecule has 1 atom stereocenters. The summed E-state index contributed by atoms with van der Waals surface area (Å²) in [6.45, 7) is 2.06. The van der Waals surface area contributed by atoms with Gasteiger partial charge in [0.2, 0.25) is 0 Å². The highest BCUT2D eigenvalue weighted by molar-refractivity contribution is 6.09. The minimum atomic E-state index is -0.626. The number of H-pyrrole nitrogens is 1. The van der Waals surface area contributed by atoms with E-state index in [2.05, 4.69) is 10.3 Å². The van der Waals surface area contributed by atoms with Crippen LogP contribution >= 0.6 is 0 Å². The van der Waals surface area contributed by atoms with E-state index in [1.807, 2.05) is 18.3 Å². The summed E-state index contributed by atoms with van der Waals surface area (Å²) in [5.74, 6) is -0.625. The maximum atomic E-state index is 12.2. The third kappa shape index (κ3) is 1.87. The molecule has 0 saturated heterocycles. The summed E-state index contributed by atoms with van der Waals surface area (Å²) < 4.78 is 4.99. The van der Waals surface area contributed by atoms with Gasteiger partial charge in [-0.25, -0.2) is 4.79 Å². The smallest absolute Gasteiger partial charge is 0.328 e. The highest BCUT2D eigenvalue weighted by atomic mass is 16.5. The van der Waals surface area contributed by atoms with Crippen LogP contribution < -0.4 is 5.32 Å². The van der Waals surface area contributed by atoms with Gasteiger partial charge < -0.3 is 15.0 Å². The first-order chi connectivity index (χ1) is 9.20. The van der Waals surface area contributed by atoms with Crippen molar-refractivity contribution in [2.24, 2.45) is 0 Å². The fraction of sp³-hybridized carbons (Fsp3) is 0.286. The second kappa shape index (κ2) is 4.42. The van der Waals surface area contributed by atoms with Gasteiger partial charge in [-0.3, -0.25) is 4.79 Å². The van der Waals surface area contributed by atoms with Crippen molar-refractivity contribution in [3.8, 4) is 0 Å². The molecule has 19 heavy (non-hydrogen) atoms. The molecule has 1 amide bonds. The predicted octanol–water partition coefficient (Wildman–Crippen LogP) is 1.39. The molecule has 0 radical (unpaired) electrons. The summed E-state index contributed by atoms with van der Waals surface area (Å²) in [4.78, 5) is 27.1. The number of nitrogens with one attached hydrogen (secondary N) is 2. The monoisotopic (exact) mass is 258 g/mol. The fourth-order valence-corrected chi connectivity index (χ4v) is 2.50. The normalized spacial score (nSPS) is 17.9. The average Bonchev–Trinajstić information content (AvgIpc) is 2.74. The van der Waals surface area contributed by atoms with E-state index in [-0.39, 0.29) is 5.91 Å². The first-order valence-electron chi connectivity index (χ1n) is 6.27. The molecule has 0 bridgehead atoms. The topological polar surface area (TPSA) is 71.2 Å². The van der Waals surface area contributed by atoms with Crippen LogP contribution in [0.3, 0.4) is 0 Å². The molecule has 0 aliphatic carbocycles. The third-order valence-electron chi connectivity index (χ3n) is 3.33. The van der Waals surface area contributed by atoms with Crippen LogP contribution in [-0.2, 0) is 16.0 Å². The summed E-state index contributed by atoms with van der Waals surface area (Å²) in [5.41, 5.74) is 2.47. The number of esters is 1. The predicted molar refractivity (Wildman–Crippen MR) is 69.9 cm³/mol. The molecule has 2 heterocycles. The first kappa shape index (κ1) is 11.8. The Morgan fingerprint density at radius 1 is 1.47 bits per heavy atom. The van der Waals surface area contributed by atoms with Gasteiger partial charge in [-0.05, 0) is 24.6 Å². The van der Waals surface area contributed by atoms with E-state index in [1.54, 1.807) is 13.0 Å². The van der Waals surface area contributed by atoms with Crippen molar-refractivity contribution < 1.29 is 14.3 Å². The van der Waals surface area contributed by atoms with Gasteiger partial charge in [-0.1, -0.05) is 6.07 Å². The lowest BCUT2D eigenvalue weighted by Gasteiger charge is -2.14. The van der Waals surface area contributed by atoms with E-state index < -0.39 is 12.0 Å². The van der Waals surface area contributed by atoms with Crippen LogP contribution in [-0.4, -0.2) is 29.5 Å². The van der Waals surface area contributed by atoms with E-state index in [4.69, 9.17) is 4.74 Å². The van der Waals surface area contributed by atoms with Gasteiger partial charge >= 0.3 is 5.97 Å². The number of hydrogen-bond acceptors (Lipinski definition) is 3. The van der Waals surface area contributed by atoms with Gasteiger partial charge in [0.1, 0.15) is 6.04 Å². The van der Waals surface area contributed by atoms with Crippen molar-refractivity contribution >= 4 is 22.8 Å². The molecule has 98 valence electrons. The van der Waals surface area contributed by atoms with E-state index in [0.717, 1.165) is 16.5 Å². The Hall–Kier alpha value is -2.30. The van der Waals surface area contributed by atoms with Crippen molar-refractivity contribution in [3.05, 3.63) is 35.5 Å². The molecule has 1 aromatic carbocycles. The molecule has 3 rings (SSSR count). The minimum Gasteiger partial charge on any atom is -0.464 e. The Bertz CT molecular complexity index is 660. The van der Waals surface area contributed by atoms with Crippen LogP contribution in [0.1, 0.15) is 22.8 Å². The molecule has 1 aliphatic rings. The molecule has 2 aromatic rings. The van der Waals surface area contributed by atoms with Gasteiger partial charge in [0.15, 0.2) is 0 Å². The Morgan fingerprint density at radius 2 is 2.32 bits per heavy atom. The molecular formula is C14H14N2O3. The number of ether oxygens (including phenoxy) is 1. The van der Waals surface area contributed by atoms with Crippen LogP contribution in [0.25, 0.3) is 10.9 Å². The SMILES string of the molecule is CCOC(=O)C1Cc2c[nH]c3cccc(c23)C(=O)N1. The maximum Gasteiger partial charge on any atom is 0.328 e. The maximum absolute atomic E-state index is 12.2. The fourth-order valence-electron chi connectivity index (χ4n) is 2.50. The van der Waals surface area contributed by atoms with Crippen molar-refractivity contribution in [1.29, 1.82) is 0 Å².